The maximum absolute atomic E-state index is 13.4. The number of hydrogen-bond donors (Lipinski definition) is 2. The van der Waals surface area contributed by atoms with Crippen LogP contribution in [0.25, 0.3) is 16.6 Å². The smallest absolute Gasteiger partial charge is 0.266 e. The molecule has 0 spiro atoms. The summed E-state index contributed by atoms with van der Waals surface area (Å²) < 4.78 is 29.6. The number of rotatable bonds is 7. The maximum atomic E-state index is 13.4. The number of primary sulfonamides is 1. The molecular weight excluding hydrogens is 476 g/mol. The molecule has 1 heterocycles. The molecule has 0 saturated carbocycles. The van der Waals surface area contributed by atoms with E-state index in [4.69, 9.17) is 9.88 Å². The van der Waals surface area contributed by atoms with Crippen LogP contribution in [0.5, 0.6) is 5.75 Å². The number of nitrogens with two attached hydrogens (primary N) is 1. The van der Waals surface area contributed by atoms with Gasteiger partial charge in [0.1, 0.15) is 5.75 Å². The molecule has 0 fully saturated rings. The summed E-state index contributed by atoms with van der Waals surface area (Å²) in [5.41, 5.74) is 1.15. The minimum atomic E-state index is -3.82. The molecule has 4 rings (SSSR count). The van der Waals surface area contributed by atoms with Crippen LogP contribution in [0.15, 0.2) is 87.6 Å². The van der Waals surface area contributed by atoms with Crippen LogP contribution in [-0.2, 0) is 14.8 Å². The number of para-hydroxylation sites is 3. The van der Waals surface area contributed by atoms with Crippen LogP contribution in [0.2, 0.25) is 0 Å². The largest absolute Gasteiger partial charge is 0.495 e. The Morgan fingerprint density at radius 1 is 1.06 bits per heavy atom. The van der Waals surface area contributed by atoms with Gasteiger partial charge in [-0.2, -0.15) is 0 Å². The zero-order valence-electron chi connectivity index (χ0n) is 18.0. The number of hydrogen-bond acceptors (Lipinski definition) is 7. The first-order valence-corrected chi connectivity index (χ1v) is 12.5. The number of thioether (sulfide) groups is 1. The van der Waals surface area contributed by atoms with Crippen LogP contribution in [0.4, 0.5) is 5.69 Å². The highest BCUT2D eigenvalue weighted by molar-refractivity contribution is 7.99. The van der Waals surface area contributed by atoms with E-state index in [2.05, 4.69) is 10.3 Å². The molecule has 174 valence electrons. The molecule has 3 N–H and O–H groups in total. The van der Waals surface area contributed by atoms with Gasteiger partial charge >= 0.3 is 0 Å². The molecule has 1 aromatic heterocycles. The Bertz CT molecular complexity index is 1530. The monoisotopic (exact) mass is 496 g/mol. The molecule has 0 aliphatic rings. The van der Waals surface area contributed by atoms with Gasteiger partial charge in [0.2, 0.25) is 15.9 Å². The summed E-state index contributed by atoms with van der Waals surface area (Å²) in [6.45, 7) is 0. The minimum absolute atomic E-state index is 0.0448. The Hall–Kier alpha value is -3.67. The fraction of sp³-hybridized carbons (Fsp3) is 0.0870. The fourth-order valence-electron chi connectivity index (χ4n) is 3.29. The number of methoxy groups -OCH3 is 1. The van der Waals surface area contributed by atoms with Gasteiger partial charge in [0.15, 0.2) is 5.16 Å². The topological polar surface area (TPSA) is 133 Å². The first kappa shape index (κ1) is 23.5. The molecule has 0 saturated heterocycles. The second-order valence-corrected chi connectivity index (χ2v) is 9.63. The number of benzene rings is 3. The lowest BCUT2D eigenvalue weighted by Crippen LogP contribution is -2.23. The van der Waals surface area contributed by atoms with Gasteiger partial charge in [0.25, 0.3) is 5.56 Å². The van der Waals surface area contributed by atoms with Gasteiger partial charge in [-0.3, -0.25) is 14.2 Å². The van der Waals surface area contributed by atoms with E-state index in [-0.39, 0.29) is 22.1 Å². The molecule has 0 unspecified atom stereocenters. The molecule has 0 aliphatic carbocycles. The number of nitrogens with one attached hydrogen (secondary N) is 1. The van der Waals surface area contributed by atoms with Crippen molar-refractivity contribution in [1.29, 1.82) is 0 Å². The number of carbonyl (C=O) groups is 1. The van der Waals surface area contributed by atoms with E-state index in [9.17, 15) is 18.0 Å². The van der Waals surface area contributed by atoms with Crippen LogP contribution in [0.3, 0.4) is 0 Å². The van der Waals surface area contributed by atoms with Crippen LogP contribution in [0.1, 0.15) is 0 Å². The number of ether oxygens (including phenoxy) is 1. The van der Waals surface area contributed by atoms with E-state index in [1.165, 1.54) is 35.9 Å². The van der Waals surface area contributed by atoms with Gasteiger partial charge in [-0.1, -0.05) is 36.0 Å². The summed E-state index contributed by atoms with van der Waals surface area (Å²) in [5.74, 6) is 0.0851. The summed E-state index contributed by atoms with van der Waals surface area (Å²) in [6, 6.07) is 19.6. The molecule has 34 heavy (non-hydrogen) atoms. The number of anilines is 1. The molecule has 1 amide bonds. The summed E-state index contributed by atoms with van der Waals surface area (Å²) in [7, 11) is -2.31. The van der Waals surface area contributed by atoms with Crippen molar-refractivity contribution in [2.45, 2.75) is 10.1 Å². The molecule has 0 bridgehead atoms. The highest BCUT2D eigenvalue weighted by Gasteiger charge is 2.17. The second-order valence-electron chi connectivity index (χ2n) is 7.13. The van der Waals surface area contributed by atoms with Crippen LogP contribution in [-0.4, -0.2) is 36.7 Å². The Balaban J connectivity index is 1.64. The van der Waals surface area contributed by atoms with Gasteiger partial charge < -0.3 is 10.1 Å². The van der Waals surface area contributed by atoms with Crippen molar-refractivity contribution in [1.82, 2.24) is 9.55 Å². The highest BCUT2D eigenvalue weighted by atomic mass is 32.2. The summed E-state index contributed by atoms with van der Waals surface area (Å²) in [6.07, 6.45) is 0. The average molecular weight is 497 g/mol. The molecule has 9 nitrogen and oxygen atoms in total. The number of carbonyl (C=O) groups excluding carboxylic acids is 1. The standard InChI is InChI=1S/C23H20N4O5S2/c1-32-20-9-5-4-8-19(20)27-22(29)17-6-2-3-7-18(17)26-23(27)33-14-21(28)25-15-10-12-16(13-11-15)34(24,30)31/h2-13H,14H2,1H3,(H,25,28)(H2,24,30,31). The predicted molar refractivity (Wildman–Crippen MR) is 131 cm³/mol. The molecule has 0 radical (unpaired) electrons. The SMILES string of the molecule is COc1ccccc1-n1c(SCC(=O)Nc2ccc(S(N)(=O)=O)cc2)nc2ccccc2c1=O. The van der Waals surface area contributed by atoms with Gasteiger partial charge in [-0.15, -0.1) is 0 Å². The summed E-state index contributed by atoms with van der Waals surface area (Å²) in [5, 5.41) is 8.55. The number of amides is 1. The van der Waals surface area contributed by atoms with Crippen molar-refractivity contribution in [3.8, 4) is 11.4 Å². The molecule has 3 aromatic carbocycles. The third kappa shape index (κ3) is 4.96. The highest BCUT2D eigenvalue weighted by Crippen LogP contribution is 2.27. The first-order valence-electron chi connectivity index (χ1n) is 9.98. The van der Waals surface area contributed by atoms with Crippen molar-refractivity contribution in [2.75, 3.05) is 18.2 Å². The van der Waals surface area contributed by atoms with Crippen LogP contribution in [0, 0.1) is 0 Å². The van der Waals surface area contributed by atoms with E-state index in [1.807, 2.05) is 0 Å². The third-order valence-electron chi connectivity index (χ3n) is 4.87. The lowest BCUT2D eigenvalue weighted by Gasteiger charge is -2.15. The summed E-state index contributed by atoms with van der Waals surface area (Å²) >= 11 is 1.09. The predicted octanol–water partition coefficient (Wildman–Crippen LogP) is 2.77. The van der Waals surface area contributed by atoms with Gasteiger partial charge in [0.05, 0.1) is 34.3 Å². The van der Waals surface area contributed by atoms with Crippen LogP contribution < -0.4 is 20.8 Å². The lowest BCUT2D eigenvalue weighted by atomic mass is 10.2. The third-order valence-corrected chi connectivity index (χ3v) is 6.74. The fourth-order valence-corrected chi connectivity index (χ4v) is 4.61. The first-order chi connectivity index (χ1) is 16.3. The van der Waals surface area contributed by atoms with E-state index >= 15 is 0 Å². The zero-order valence-corrected chi connectivity index (χ0v) is 19.6. The van der Waals surface area contributed by atoms with E-state index in [0.717, 1.165) is 11.8 Å². The van der Waals surface area contributed by atoms with Crippen molar-refractivity contribution < 1.29 is 17.9 Å². The van der Waals surface area contributed by atoms with Gasteiger partial charge in [-0.05, 0) is 48.5 Å². The Kier molecular flexibility index (Phi) is 6.68. The Morgan fingerprint density at radius 2 is 1.74 bits per heavy atom. The van der Waals surface area contributed by atoms with Crippen molar-refractivity contribution in [2.24, 2.45) is 5.14 Å². The Labute approximate surface area is 199 Å². The number of sulfonamides is 1. The van der Waals surface area contributed by atoms with E-state index in [1.54, 1.807) is 48.5 Å². The molecule has 0 atom stereocenters. The normalized spacial score (nSPS) is 11.4. The summed E-state index contributed by atoms with van der Waals surface area (Å²) in [4.78, 5) is 30.5. The Morgan fingerprint density at radius 3 is 2.44 bits per heavy atom. The molecule has 4 aromatic rings. The van der Waals surface area contributed by atoms with E-state index < -0.39 is 10.0 Å². The van der Waals surface area contributed by atoms with Crippen molar-refractivity contribution in [3.05, 3.63) is 83.2 Å². The number of fused-ring (bicyclic) bond motifs is 1. The van der Waals surface area contributed by atoms with Crippen molar-refractivity contribution in [3.63, 3.8) is 0 Å². The van der Waals surface area contributed by atoms with Crippen LogP contribution >= 0.6 is 11.8 Å². The van der Waals surface area contributed by atoms with Gasteiger partial charge in [-0.25, -0.2) is 18.5 Å². The average Bonchev–Trinajstić information content (AvgIpc) is 2.83. The van der Waals surface area contributed by atoms with Crippen molar-refractivity contribution >= 4 is 44.3 Å². The second kappa shape index (κ2) is 9.67. The maximum Gasteiger partial charge on any atom is 0.266 e. The molecule has 0 aliphatic heterocycles. The van der Waals surface area contributed by atoms with E-state index in [0.29, 0.717) is 33.2 Å². The number of aromatic nitrogens is 2. The molecule has 11 heteroatoms. The van der Waals surface area contributed by atoms with Gasteiger partial charge in [0, 0.05) is 5.69 Å². The molecular formula is C23H20N4O5S2. The number of nitrogens with zero attached hydrogens (tertiary/aromatic N) is 2. The quantitative estimate of drug-likeness (QED) is 0.297. The minimum Gasteiger partial charge on any atom is -0.495 e. The zero-order chi connectivity index (χ0) is 24.3. The lowest BCUT2D eigenvalue weighted by molar-refractivity contribution is -0.113.